The van der Waals surface area contributed by atoms with Gasteiger partial charge in [-0.15, -0.1) is 0 Å². The highest BCUT2D eigenvalue weighted by Crippen LogP contribution is 2.32. The van der Waals surface area contributed by atoms with Crippen molar-refractivity contribution in [1.29, 1.82) is 0 Å². The quantitative estimate of drug-likeness (QED) is 0.0424. The monoisotopic (exact) mass is 889 g/mol. The summed E-state index contributed by atoms with van der Waals surface area (Å²) >= 11 is 6.44. The first-order chi connectivity index (χ1) is 31.0. The molecule has 0 saturated carbocycles. The molecule has 3 saturated heterocycles. The highest BCUT2D eigenvalue weighted by molar-refractivity contribution is 6.34. The minimum absolute atomic E-state index is 0.0561. The van der Waals surface area contributed by atoms with Crippen LogP contribution in [0.1, 0.15) is 89.4 Å². The number of nitrogens with zero attached hydrogens (tertiary/aromatic N) is 6. The Hall–Kier alpha value is -6.39. The van der Waals surface area contributed by atoms with E-state index in [0.29, 0.717) is 52.5 Å². The molecule has 3 fully saturated rings. The maximum atomic E-state index is 13.9. The first kappa shape index (κ1) is 44.2. The molecule has 2 aromatic carbocycles. The van der Waals surface area contributed by atoms with Gasteiger partial charge in [0.2, 0.25) is 17.7 Å². The van der Waals surface area contributed by atoms with Crippen LogP contribution in [0.3, 0.4) is 0 Å². The molecule has 0 radical (unpaired) electrons. The maximum Gasteiger partial charge on any atom is 0.262 e. The fourth-order valence-electron chi connectivity index (χ4n) is 8.92. The maximum absolute atomic E-state index is 13.9. The summed E-state index contributed by atoms with van der Waals surface area (Å²) in [5, 5.41) is 6.67. The lowest BCUT2D eigenvalue weighted by atomic mass is 10.0. The number of halogens is 1. The van der Waals surface area contributed by atoms with Gasteiger partial charge in [0.15, 0.2) is 5.78 Å². The van der Waals surface area contributed by atoms with Crippen LogP contribution in [-0.2, 0) is 14.4 Å². The van der Waals surface area contributed by atoms with Gasteiger partial charge in [0.1, 0.15) is 36.2 Å². The highest BCUT2D eigenvalue weighted by atomic mass is 35.5. The van der Waals surface area contributed by atoms with E-state index in [1.807, 2.05) is 41.3 Å². The SMILES string of the molecule is C/C(Cl)=C(\C=C/COc1ccccc1)C(=O)c1c[nH]c2ncnc(NC3CCCN(C(=O)CCCCCN4CCN(c5ccc6c(c5)C(=O)N(C5CCC(=O)NC5=O)C6=O)CC4)C3)c12. The van der Waals surface area contributed by atoms with Crippen molar-refractivity contribution in [2.75, 3.05) is 62.6 Å². The molecule has 0 spiro atoms. The van der Waals surface area contributed by atoms with E-state index in [2.05, 4.69) is 35.4 Å². The number of Topliss-reactive ketones (excluding diaryl/α,β-unsaturated/α-hetero) is 1. The molecule has 2 unspecified atom stereocenters. The average molecular weight is 890 g/mol. The molecule has 4 aliphatic rings. The second-order valence-corrected chi connectivity index (χ2v) is 17.2. The molecule has 64 heavy (non-hydrogen) atoms. The Morgan fingerprint density at radius 3 is 2.52 bits per heavy atom. The average Bonchev–Trinajstić information content (AvgIpc) is 3.85. The van der Waals surface area contributed by atoms with Gasteiger partial charge in [-0.1, -0.05) is 42.3 Å². The van der Waals surface area contributed by atoms with Crippen LogP contribution in [0.2, 0.25) is 0 Å². The Kier molecular flexibility index (Phi) is 13.8. The van der Waals surface area contributed by atoms with Gasteiger partial charge < -0.3 is 24.8 Å². The largest absolute Gasteiger partial charge is 0.490 e. The zero-order valence-corrected chi connectivity index (χ0v) is 36.6. The molecular formula is C47H52ClN9O7. The van der Waals surface area contributed by atoms with Crippen molar-refractivity contribution < 1.29 is 33.5 Å². The number of ether oxygens (including phenoxy) is 1. The lowest BCUT2D eigenvalue weighted by Gasteiger charge is -2.36. The van der Waals surface area contributed by atoms with Crippen molar-refractivity contribution in [3.8, 4) is 5.75 Å². The summed E-state index contributed by atoms with van der Waals surface area (Å²) in [7, 11) is 0. The Morgan fingerprint density at radius 2 is 1.73 bits per heavy atom. The zero-order chi connectivity index (χ0) is 44.7. The van der Waals surface area contributed by atoms with E-state index < -0.39 is 29.7 Å². The number of benzene rings is 2. The number of hydrogen-bond acceptors (Lipinski definition) is 12. The van der Waals surface area contributed by atoms with E-state index in [1.165, 1.54) is 6.33 Å². The minimum Gasteiger partial charge on any atom is -0.490 e. The fraction of sp³-hybridized carbons (Fsp3) is 0.404. The van der Waals surface area contributed by atoms with Crippen molar-refractivity contribution in [2.24, 2.45) is 0 Å². The van der Waals surface area contributed by atoms with E-state index >= 15 is 0 Å². The van der Waals surface area contributed by atoms with Crippen molar-refractivity contribution >= 4 is 69.5 Å². The van der Waals surface area contributed by atoms with Crippen LogP contribution in [0, 0.1) is 0 Å². The predicted octanol–water partition coefficient (Wildman–Crippen LogP) is 5.48. The highest BCUT2D eigenvalue weighted by Gasteiger charge is 2.45. The number of carbonyl (C=O) groups is 6. The molecule has 4 aromatic rings. The molecule has 0 bridgehead atoms. The number of carbonyl (C=O) groups excluding carboxylic acids is 6. The third-order valence-electron chi connectivity index (χ3n) is 12.3. The lowest BCUT2D eigenvalue weighted by Crippen LogP contribution is -2.54. The standard InChI is InChI=1S/C47H52ClN9O7/c1-30(48)34(13-9-25-64-33-11-4-2-5-12-33)42(60)37-27-49-43-41(37)44(51-29-50-43)52-31-10-8-20-56(28-31)40(59)14-6-3-7-19-54-21-23-55(24-22-54)32-15-16-35-36(26-32)47(63)57(46(35)62)38-17-18-39(58)53-45(38)61/h2,4-5,9,11-13,15-16,26-27,29,31,38H,3,6-8,10,14,17-25,28H2,1H3,(H,53,58,61)(H2,49,50,51,52)/b13-9-,34-30-. The smallest absolute Gasteiger partial charge is 0.262 e. The van der Waals surface area contributed by atoms with Gasteiger partial charge in [-0.2, -0.15) is 0 Å². The molecule has 5 amide bonds. The van der Waals surface area contributed by atoms with Crippen molar-refractivity contribution in [3.05, 3.63) is 101 Å². The first-order valence-electron chi connectivity index (χ1n) is 22.0. The number of rotatable bonds is 16. The number of anilines is 2. The number of aromatic nitrogens is 3. The van der Waals surface area contributed by atoms with Gasteiger partial charge in [0.25, 0.3) is 11.8 Å². The number of fused-ring (bicyclic) bond motifs is 2. The van der Waals surface area contributed by atoms with Crippen LogP contribution in [0.25, 0.3) is 11.0 Å². The number of ketones is 1. The third-order valence-corrected chi connectivity index (χ3v) is 12.5. The Balaban J connectivity index is 0.774. The number of likely N-dealkylation sites (tertiary alicyclic amines) is 1. The summed E-state index contributed by atoms with van der Waals surface area (Å²) in [6.45, 7) is 7.30. The zero-order valence-electron chi connectivity index (χ0n) is 35.8. The van der Waals surface area contributed by atoms with Crippen molar-refractivity contribution in [1.82, 2.24) is 35.0 Å². The number of para-hydroxylation sites is 1. The second-order valence-electron chi connectivity index (χ2n) is 16.6. The molecular weight excluding hydrogens is 838 g/mol. The number of nitrogens with one attached hydrogen (secondary N) is 3. The topological polar surface area (TPSA) is 190 Å². The predicted molar refractivity (Wildman–Crippen MR) is 241 cm³/mol. The molecule has 16 nitrogen and oxygen atoms in total. The van der Waals surface area contributed by atoms with Crippen LogP contribution in [-0.4, -0.2) is 129 Å². The van der Waals surface area contributed by atoms with Crippen LogP contribution in [0.4, 0.5) is 11.5 Å². The van der Waals surface area contributed by atoms with Crippen LogP contribution < -0.4 is 20.3 Å². The number of H-pyrrole nitrogens is 1. The fourth-order valence-corrected chi connectivity index (χ4v) is 9.07. The summed E-state index contributed by atoms with van der Waals surface area (Å²) in [6, 6.07) is 13.6. The van der Waals surface area contributed by atoms with E-state index in [0.717, 1.165) is 81.2 Å². The van der Waals surface area contributed by atoms with Crippen LogP contribution in [0.5, 0.6) is 5.75 Å². The van der Waals surface area contributed by atoms with Crippen LogP contribution >= 0.6 is 11.6 Å². The molecule has 6 heterocycles. The molecule has 8 rings (SSSR count). The number of allylic oxidation sites excluding steroid dienone is 3. The summed E-state index contributed by atoms with van der Waals surface area (Å²) in [5.74, 6) is -0.926. The Morgan fingerprint density at radius 1 is 0.938 bits per heavy atom. The first-order valence-corrected chi connectivity index (χ1v) is 22.4. The number of piperidine rings is 2. The Labute approximate surface area is 376 Å². The molecule has 334 valence electrons. The van der Waals surface area contributed by atoms with Gasteiger partial charge in [-0.3, -0.25) is 43.9 Å². The van der Waals surface area contributed by atoms with Crippen molar-refractivity contribution in [3.63, 3.8) is 0 Å². The molecule has 0 aliphatic carbocycles. The molecule has 2 atom stereocenters. The summed E-state index contributed by atoms with van der Waals surface area (Å²) in [6.07, 6.45) is 11.6. The Bertz CT molecular complexity index is 2490. The normalized spacial score (nSPS) is 19.9. The molecule has 4 aliphatic heterocycles. The van der Waals surface area contributed by atoms with E-state index in [9.17, 15) is 28.8 Å². The van der Waals surface area contributed by atoms with Gasteiger partial charge in [-0.25, -0.2) is 9.97 Å². The number of aromatic amines is 1. The van der Waals surface area contributed by atoms with E-state index in [-0.39, 0.29) is 48.3 Å². The van der Waals surface area contributed by atoms with Gasteiger partial charge in [0, 0.05) is 80.6 Å². The summed E-state index contributed by atoms with van der Waals surface area (Å²) < 4.78 is 5.75. The number of amides is 5. The number of piperazine rings is 1. The molecule has 2 aromatic heterocycles. The van der Waals surface area contributed by atoms with E-state index in [1.54, 1.807) is 37.4 Å². The second kappa shape index (κ2) is 20.0. The number of imide groups is 2. The van der Waals surface area contributed by atoms with Crippen LogP contribution in [0.15, 0.2) is 83.8 Å². The lowest BCUT2D eigenvalue weighted by molar-refractivity contribution is -0.136. The van der Waals surface area contributed by atoms with Gasteiger partial charge in [0.05, 0.1) is 22.1 Å². The number of unbranched alkanes of at least 4 members (excludes halogenated alkanes) is 2. The molecule has 3 N–H and O–H groups in total. The third kappa shape index (κ3) is 9.87. The minimum atomic E-state index is -0.989. The molecule has 17 heteroatoms. The summed E-state index contributed by atoms with van der Waals surface area (Å²) in [4.78, 5) is 97.3. The summed E-state index contributed by atoms with van der Waals surface area (Å²) in [5.41, 5.74) is 2.66. The van der Waals surface area contributed by atoms with Gasteiger partial charge in [-0.05, 0) is 82.0 Å². The van der Waals surface area contributed by atoms with Gasteiger partial charge >= 0.3 is 0 Å². The van der Waals surface area contributed by atoms with Crippen molar-refractivity contribution in [2.45, 2.75) is 70.4 Å². The number of hydrogen-bond donors (Lipinski definition) is 3. The van der Waals surface area contributed by atoms with E-state index in [4.69, 9.17) is 16.3 Å².